The Bertz CT molecular complexity index is 406. The van der Waals surface area contributed by atoms with E-state index < -0.39 is 6.10 Å². The number of nitrogens with zero attached hydrogens (tertiary/aromatic N) is 1. The van der Waals surface area contributed by atoms with Gasteiger partial charge >= 0.3 is 0 Å². The van der Waals surface area contributed by atoms with Crippen LogP contribution < -0.4 is 5.32 Å². The summed E-state index contributed by atoms with van der Waals surface area (Å²) in [6.07, 6.45) is 1.33. The molecule has 1 aliphatic rings. The zero-order valence-electron chi connectivity index (χ0n) is 10.9. The van der Waals surface area contributed by atoms with Crippen LogP contribution in [0.15, 0.2) is 18.2 Å². The third kappa shape index (κ3) is 4.62. The molecule has 3 nitrogen and oxygen atoms in total. The maximum Gasteiger partial charge on any atom is 0.0816 e. The molecule has 1 aliphatic heterocycles. The molecule has 1 fully saturated rings. The van der Waals surface area contributed by atoms with Crippen LogP contribution in [-0.4, -0.2) is 42.7 Å². The first-order chi connectivity index (χ1) is 9.16. The van der Waals surface area contributed by atoms with Gasteiger partial charge < -0.3 is 15.3 Å². The molecule has 0 spiro atoms. The summed E-state index contributed by atoms with van der Waals surface area (Å²) in [5.41, 5.74) is 0.763. The maximum absolute atomic E-state index is 10.2. The van der Waals surface area contributed by atoms with E-state index in [0.717, 1.165) is 44.7 Å². The summed E-state index contributed by atoms with van der Waals surface area (Å²) in [5, 5.41) is 14.7. The van der Waals surface area contributed by atoms with Crippen molar-refractivity contribution in [3.8, 4) is 0 Å². The van der Waals surface area contributed by atoms with Gasteiger partial charge in [0.05, 0.1) is 6.10 Å². The molecule has 0 aliphatic carbocycles. The van der Waals surface area contributed by atoms with Gasteiger partial charge in [0.25, 0.3) is 0 Å². The standard InChI is InChI=1S/C14H20Cl2N2O/c15-11-2-3-12(13(16)10-11)14(19)4-8-18-7-1-5-17-6-9-18/h2-3,10,14,17,19H,1,4-9H2. The van der Waals surface area contributed by atoms with Crippen molar-refractivity contribution in [2.75, 3.05) is 32.7 Å². The average Bonchev–Trinajstić information content (AvgIpc) is 2.64. The SMILES string of the molecule is OC(CCN1CCCNCC1)c1ccc(Cl)cc1Cl. The Morgan fingerprint density at radius 1 is 1.26 bits per heavy atom. The number of nitrogens with one attached hydrogen (secondary N) is 1. The minimum absolute atomic E-state index is 0.527. The van der Waals surface area contributed by atoms with Crippen LogP contribution >= 0.6 is 23.2 Å². The van der Waals surface area contributed by atoms with Crippen molar-refractivity contribution in [1.29, 1.82) is 0 Å². The van der Waals surface area contributed by atoms with Crippen LogP contribution in [0.25, 0.3) is 0 Å². The number of hydrogen-bond donors (Lipinski definition) is 2. The Hall–Kier alpha value is -0.320. The molecule has 0 amide bonds. The van der Waals surface area contributed by atoms with Crippen molar-refractivity contribution in [3.05, 3.63) is 33.8 Å². The van der Waals surface area contributed by atoms with Gasteiger partial charge in [-0.05, 0) is 43.6 Å². The fraction of sp³-hybridized carbons (Fsp3) is 0.571. The summed E-state index contributed by atoms with van der Waals surface area (Å²) in [6, 6.07) is 5.25. The third-order valence-electron chi connectivity index (χ3n) is 3.47. The van der Waals surface area contributed by atoms with E-state index >= 15 is 0 Å². The predicted octanol–water partition coefficient (Wildman–Crippen LogP) is 2.71. The molecular formula is C14H20Cl2N2O. The number of aliphatic hydroxyl groups excluding tert-OH is 1. The van der Waals surface area contributed by atoms with E-state index in [9.17, 15) is 5.11 Å². The van der Waals surface area contributed by atoms with Crippen LogP contribution in [0.4, 0.5) is 0 Å². The Morgan fingerprint density at radius 3 is 2.89 bits per heavy atom. The highest BCUT2D eigenvalue weighted by Gasteiger charge is 2.15. The first-order valence-corrected chi connectivity index (χ1v) is 7.48. The molecule has 1 heterocycles. The van der Waals surface area contributed by atoms with E-state index in [1.165, 1.54) is 0 Å². The minimum Gasteiger partial charge on any atom is -0.388 e. The summed E-state index contributed by atoms with van der Waals surface area (Å²) in [7, 11) is 0. The maximum atomic E-state index is 10.2. The number of halogens is 2. The largest absolute Gasteiger partial charge is 0.388 e. The molecule has 1 unspecified atom stereocenters. The second-order valence-corrected chi connectivity index (χ2v) is 5.76. The molecular weight excluding hydrogens is 283 g/mol. The lowest BCUT2D eigenvalue weighted by atomic mass is 10.1. The van der Waals surface area contributed by atoms with E-state index in [1.54, 1.807) is 18.2 Å². The minimum atomic E-state index is -0.527. The van der Waals surface area contributed by atoms with Crippen LogP contribution in [0.2, 0.25) is 10.0 Å². The van der Waals surface area contributed by atoms with Gasteiger partial charge in [0, 0.05) is 29.7 Å². The van der Waals surface area contributed by atoms with E-state index in [0.29, 0.717) is 16.5 Å². The number of benzene rings is 1. The van der Waals surface area contributed by atoms with E-state index in [1.807, 2.05) is 0 Å². The lowest BCUT2D eigenvalue weighted by molar-refractivity contribution is 0.144. The summed E-state index contributed by atoms with van der Waals surface area (Å²) < 4.78 is 0. The summed E-state index contributed by atoms with van der Waals surface area (Å²) in [4.78, 5) is 2.38. The molecule has 19 heavy (non-hydrogen) atoms. The van der Waals surface area contributed by atoms with Crippen LogP contribution in [0.5, 0.6) is 0 Å². The van der Waals surface area contributed by atoms with E-state index in [2.05, 4.69) is 10.2 Å². The van der Waals surface area contributed by atoms with Gasteiger partial charge in [-0.25, -0.2) is 0 Å². The van der Waals surface area contributed by atoms with Gasteiger partial charge in [-0.15, -0.1) is 0 Å². The van der Waals surface area contributed by atoms with Crippen molar-refractivity contribution in [2.45, 2.75) is 18.9 Å². The number of rotatable bonds is 4. The molecule has 2 N–H and O–H groups in total. The molecule has 0 saturated carbocycles. The smallest absolute Gasteiger partial charge is 0.0816 e. The Balaban J connectivity index is 1.87. The molecule has 1 atom stereocenters. The van der Waals surface area contributed by atoms with Gasteiger partial charge in [-0.1, -0.05) is 29.3 Å². The van der Waals surface area contributed by atoms with Gasteiger partial charge in [0.2, 0.25) is 0 Å². The Morgan fingerprint density at radius 2 is 2.11 bits per heavy atom. The van der Waals surface area contributed by atoms with Crippen molar-refractivity contribution in [2.24, 2.45) is 0 Å². The normalized spacial score (nSPS) is 19.1. The predicted molar refractivity (Wildman–Crippen MR) is 80.0 cm³/mol. The molecule has 1 aromatic carbocycles. The summed E-state index contributed by atoms with van der Waals surface area (Å²) in [5.74, 6) is 0. The highest BCUT2D eigenvalue weighted by atomic mass is 35.5. The monoisotopic (exact) mass is 302 g/mol. The summed E-state index contributed by atoms with van der Waals surface area (Å²) >= 11 is 12.0. The Labute approximate surface area is 124 Å². The van der Waals surface area contributed by atoms with Crippen molar-refractivity contribution in [3.63, 3.8) is 0 Å². The van der Waals surface area contributed by atoms with Gasteiger partial charge in [0.1, 0.15) is 0 Å². The second-order valence-electron chi connectivity index (χ2n) is 4.92. The van der Waals surface area contributed by atoms with Gasteiger partial charge in [0.15, 0.2) is 0 Å². The van der Waals surface area contributed by atoms with Gasteiger partial charge in [-0.3, -0.25) is 0 Å². The van der Waals surface area contributed by atoms with Crippen LogP contribution in [0.1, 0.15) is 24.5 Å². The Kier molecular flexibility index (Phi) is 5.92. The molecule has 106 valence electrons. The first-order valence-electron chi connectivity index (χ1n) is 6.73. The fourth-order valence-electron chi connectivity index (χ4n) is 2.36. The fourth-order valence-corrected chi connectivity index (χ4v) is 2.89. The molecule has 5 heteroatoms. The first kappa shape index (κ1) is 15.1. The van der Waals surface area contributed by atoms with Crippen molar-refractivity contribution in [1.82, 2.24) is 10.2 Å². The zero-order chi connectivity index (χ0) is 13.7. The van der Waals surface area contributed by atoms with Gasteiger partial charge in [-0.2, -0.15) is 0 Å². The van der Waals surface area contributed by atoms with E-state index in [4.69, 9.17) is 23.2 Å². The summed E-state index contributed by atoms with van der Waals surface area (Å²) in [6.45, 7) is 5.14. The molecule has 1 aromatic rings. The zero-order valence-corrected chi connectivity index (χ0v) is 12.4. The molecule has 0 radical (unpaired) electrons. The highest BCUT2D eigenvalue weighted by Crippen LogP contribution is 2.28. The highest BCUT2D eigenvalue weighted by molar-refractivity contribution is 6.35. The number of aliphatic hydroxyl groups is 1. The molecule has 2 rings (SSSR count). The second kappa shape index (κ2) is 7.46. The molecule has 0 bridgehead atoms. The average molecular weight is 303 g/mol. The number of hydrogen-bond acceptors (Lipinski definition) is 3. The lowest BCUT2D eigenvalue weighted by Crippen LogP contribution is -2.29. The van der Waals surface area contributed by atoms with Crippen LogP contribution in [-0.2, 0) is 0 Å². The molecule has 0 aromatic heterocycles. The lowest BCUT2D eigenvalue weighted by Gasteiger charge is -2.21. The van der Waals surface area contributed by atoms with Crippen molar-refractivity contribution < 1.29 is 5.11 Å². The quantitative estimate of drug-likeness (QED) is 0.898. The molecule has 1 saturated heterocycles. The third-order valence-corrected chi connectivity index (χ3v) is 4.04. The van der Waals surface area contributed by atoms with Crippen LogP contribution in [0.3, 0.4) is 0 Å². The van der Waals surface area contributed by atoms with Crippen LogP contribution in [0, 0.1) is 0 Å². The topological polar surface area (TPSA) is 35.5 Å². The van der Waals surface area contributed by atoms with E-state index in [-0.39, 0.29) is 0 Å². The van der Waals surface area contributed by atoms with Crippen molar-refractivity contribution >= 4 is 23.2 Å².